The van der Waals surface area contributed by atoms with Crippen molar-refractivity contribution in [2.45, 2.75) is 4.90 Å². The van der Waals surface area contributed by atoms with Gasteiger partial charge < -0.3 is 15.7 Å². The van der Waals surface area contributed by atoms with Crippen LogP contribution in [0.2, 0.25) is 0 Å². The van der Waals surface area contributed by atoms with Gasteiger partial charge in [-0.1, -0.05) is 0 Å². The molecule has 0 atom stereocenters. The second-order valence-corrected chi connectivity index (χ2v) is 6.29. The van der Waals surface area contributed by atoms with Crippen molar-refractivity contribution in [3.05, 3.63) is 52.3 Å². The molecule has 0 heterocycles. The van der Waals surface area contributed by atoms with Gasteiger partial charge in [-0.15, -0.1) is 0 Å². The molecule has 2 aromatic carbocycles. The summed E-state index contributed by atoms with van der Waals surface area (Å²) in [5.41, 5.74) is -1.31. The molecule has 5 N–H and O–H groups in total. The SMILES string of the molecule is NS(=O)(=O)c1cc(NC(=O)Nc2ccc(F)cc2)c(O)c([N+](=O)[O-])c1. The minimum atomic E-state index is -4.33. The molecule has 0 fully saturated rings. The lowest BCUT2D eigenvalue weighted by molar-refractivity contribution is -0.386. The summed E-state index contributed by atoms with van der Waals surface area (Å²) in [6, 6.07) is 5.04. The van der Waals surface area contributed by atoms with E-state index in [-0.39, 0.29) is 5.69 Å². The Morgan fingerprint density at radius 1 is 1.20 bits per heavy atom. The molecule has 0 aliphatic heterocycles. The molecule has 132 valence electrons. The van der Waals surface area contributed by atoms with Gasteiger partial charge in [-0.2, -0.15) is 0 Å². The Labute approximate surface area is 140 Å². The van der Waals surface area contributed by atoms with Gasteiger partial charge in [0.2, 0.25) is 15.8 Å². The van der Waals surface area contributed by atoms with Gasteiger partial charge in [0, 0.05) is 11.8 Å². The first-order valence-electron chi connectivity index (χ1n) is 6.45. The molecule has 0 unspecified atom stereocenters. The zero-order chi connectivity index (χ0) is 18.8. The number of hydrogen-bond donors (Lipinski definition) is 4. The van der Waals surface area contributed by atoms with E-state index in [2.05, 4.69) is 10.6 Å². The maximum absolute atomic E-state index is 12.8. The van der Waals surface area contributed by atoms with Crippen LogP contribution in [0.4, 0.5) is 26.2 Å². The van der Waals surface area contributed by atoms with Crippen LogP contribution in [0.25, 0.3) is 0 Å². The molecule has 12 heteroatoms. The van der Waals surface area contributed by atoms with E-state index in [0.717, 1.165) is 18.2 Å². The number of hydrogen-bond acceptors (Lipinski definition) is 6. The van der Waals surface area contributed by atoms with Crippen molar-refractivity contribution in [1.82, 2.24) is 0 Å². The number of nitrogens with two attached hydrogens (primary N) is 1. The topological polar surface area (TPSA) is 165 Å². The Bertz CT molecular complexity index is 946. The van der Waals surface area contributed by atoms with Gasteiger partial charge in [0.05, 0.1) is 15.5 Å². The van der Waals surface area contributed by atoms with E-state index < -0.39 is 48.8 Å². The highest BCUT2D eigenvalue weighted by Crippen LogP contribution is 2.36. The Hall–Kier alpha value is -3.25. The zero-order valence-electron chi connectivity index (χ0n) is 12.3. The fraction of sp³-hybridized carbons (Fsp3) is 0. The van der Waals surface area contributed by atoms with E-state index in [9.17, 15) is 32.8 Å². The number of nitrogens with one attached hydrogen (secondary N) is 2. The van der Waals surface area contributed by atoms with E-state index in [0.29, 0.717) is 6.07 Å². The third-order valence-electron chi connectivity index (χ3n) is 2.94. The van der Waals surface area contributed by atoms with Gasteiger partial charge >= 0.3 is 11.7 Å². The monoisotopic (exact) mass is 370 g/mol. The third kappa shape index (κ3) is 4.39. The number of carbonyl (C=O) groups excluding carboxylic acids is 1. The number of phenolic OH excluding ortho intramolecular Hbond substituents is 1. The predicted molar refractivity (Wildman–Crippen MR) is 85.2 cm³/mol. The maximum atomic E-state index is 12.8. The fourth-order valence-electron chi connectivity index (χ4n) is 1.81. The van der Waals surface area contributed by atoms with Crippen LogP contribution >= 0.6 is 0 Å². The molecule has 0 saturated heterocycles. The van der Waals surface area contributed by atoms with E-state index in [1.807, 2.05) is 0 Å². The molecule has 0 spiro atoms. The van der Waals surface area contributed by atoms with Crippen molar-refractivity contribution in [3.8, 4) is 5.75 Å². The number of nitro groups is 1. The molecule has 0 aromatic heterocycles. The molecule has 0 saturated carbocycles. The Balaban J connectivity index is 2.34. The molecule has 0 radical (unpaired) electrons. The van der Waals surface area contributed by atoms with Gasteiger partial charge in [-0.3, -0.25) is 10.1 Å². The lowest BCUT2D eigenvalue weighted by Gasteiger charge is -2.10. The van der Waals surface area contributed by atoms with E-state index in [4.69, 9.17) is 5.14 Å². The quantitative estimate of drug-likeness (QED) is 0.363. The summed E-state index contributed by atoms with van der Waals surface area (Å²) >= 11 is 0. The van der Waals surface area contributed by atoms with Gasteiger partial charge in [-0.05, 0) is 30.3 Å². The second-order valence-electron chi connectivity index (χ2n) is 4.73. The van der Waals surface area contributed by atoms with Crippen LogP contribution in [-0.4, -0.2) is 24.5 Å². The second kappa shape index (κ2) is 6.70. The van der Waals surface area contributed by atoms with Crippen molar-refractivity contribution in [3.63, 3.8) is 0 Å². The Morgan fingerprint density at radius 3 is 2.32 bits per heavy atom. The molecular formula is C13H11FN4O6S. The average molecular weight is 370 g/mol. The lowest BCUT2D eigenvalue weighted by atomic mass is 10.2. The molecule has 0 aliphatic carbocycles. The number of rotatable bonds is 4. The van der Waals surface area contributed by atoms with Crippen molar-refractivity contribution in [1.29, 1.82) is 0 Å². The number of nitro benzene ring substituents is 1. The summed E-state index contributed by atoms with van der Waals surface area (Å²) < 4.78 is 35.6. The molecule has 10 nitrogen and oxygen atoms in total. The summed E-state index contributed by atoms with van der Waals surface area (Å²) in [6.07, 6.45) is 0. The van der Waals surface area contributed by atoms with Crippen LogP contribution in [0.15, 0.2) is 41.3 Å². The minimum Gasteiger partial charge on any atom is -0.501 e. The number of sulfonamides is 1. The van der Waals surface area contributed by atoms with Crippen LogP contribution in [0.1, 0.15) is 0 Å². The third-order valence-corrected chi connectivity index (χ3v) is 3.83. The highest BCUT2D eigenvalue weighted by atomic mass is 32.2. The van der Waals surface area contributed by atoms with Crippen molar-refractivity contribution < 1.29 is 27.6 Å². The lowest BCUT2D eigenvalue weighted by Crippen LogP contribution is -2.20. The first-order valence-corrected chi connectivity index (χ1v) is 8.00. The summed E-state index contributed by atoms with van der Waals surface area (Å²) in [5.74, 6) is -1.48. The van der Waals surface area contributed by atoms with Crippen LogP contribution < -0.4 is 15.8 Å². The standard InChI is InChI=1S/C13H11FN4O6S/c14-7-1-3-8(4-2-7)16-13(20)17-10-5-9(25(15,23)24)6-11(12(10)19)18(21)22/h1-6,19H,(H2,15,23,24)(H2,16,17,20). The summed E-state index contributed by atoms with van der Waals surface area (Å²) in [4.78, 5) is 21.1. The van der Waals surface area contributed by atoms with Gasteiger partial charge in [0.1, 0.15) is 5.82 Å². The van der Waals surface area contributed by atoms with Crippen LogP contribution in [-0.2, 0) is 10.0 Å². The number of aromatic hydroxyl groups is 1. The predicted octanol–water partition coefficient (Wildman–Crippen LogP) is 1.73. The normalized spacial score (nSPS) is 11.0. The van der Waals surface area contributed by atoms with Crippen LogP contribution in [0, 0.1) is 15.9 Å². The maximum Gasteiger partial charge on any atom is 0.323 e. The molecule has 2 rings (SSSR count). The van der Waals surface area contributed by atoms with Gasteiger partial charge in [0.25, 0.3) is 0 Å². The number of benzene rings is 2. The van der Waals surface area contributed by atoms with E-state index >= 15 is 0 Å². The van der Waals surface area contributed by atoms with Crippen molar-refractivity contribution in [2.24, 2.45) is 5.14 Å². The average Bonchev–Trinajstić information content (AvgIpc) is 2.50. The summed E-state index contributed by atoms with van der Waals surface area (Å²) in [6.45, 7) is 0. The molecule has 0 bridgehead atoms. The number of urea groups is 1. The van der Waals surface area contributed by atoms with Crippen molar-refractivity contribution in [2.75, 3.05) is 10.6 Å². The number of anilines is 2. The van der Waals surface area contributed by atoms with E-state index in [1.165, 1.54) is 12.1 Å². The van der Waals surface area contributed by atoms with E-state index in [1.54, 1.807) is 0 Å². The highest BCUT2D eigenvalue weighted by molar-refractivity contribution is 7.89. The molecular weight excluding hydrogens is 359 g/mol. The van der Waals surface area contributed by atoms with Crippen molar-refractivity contribution >= 4 is 33.1 Å². The first kappa shape index (κ1) is 18.1. The summed E-state index contributed by atoms with van der Waals surface area (Å²) in [7, 11) is -4.33. The number of amides is 2. The Morgan fingerprint density at radius 2 is 1.80 bits per heavy atom. The fourth-order valence-corrected chi connectivity index (χ4v) is 2.37. The van der Waals surface area contributed by atoms with Crippen LogP contribution in [0.5, 0.6) is 5.75 Å². The number of primary sulfonamides is 1. The molecule has 0 aliphatic rings. The molecule has 2 aromatic rings. The number of phenols is 1. The summed E-state index contributed by atoms with van der Waals surface area (Å²) in [5, 5.41) is 30.0. The minimum absolute atomic E-state index is 0.190. The number of nitrogens with zero attached hydrogens (tertiary/aromatic N) is 1. The number of halogens is 1. The molecule has 25 heavy (non-hydrogen) atoms. The first-order chi connectivity index (χ1) is 11.6. The van der Waals surface area contributed by atoms with Gasteiger partial charge in [0.15, 0.2) is 0 Å². The number of carbonyl (C=O) groups is 1. The van der Waals surface area contributed by atoms with Gasteiger partial charge in [-0.25, -0.2) is 22.7 Å². The molecule has 2 amide bonds. The zero-order valence-corrected chi connectivity index (χ0v) is 13.1. The largest absolute Gasteiger partial charge is 0.501 e. The smallest absolute Gasteiger partial charge is 0.323 e. The Kier molecular flexibility index (Phi) is 4.85. The van der Waals surface area contributed by atoms with Crippen LogP contribution in [0.3, 0.4) is 0 Å². The highest BCUT2D eigenvalue weighted by Gasteiger charge is 2.24.